The minimum atomic E-state index is 0.324. The zero-order chi connectivity index (χ0) is 10.8. The number of rotatable bonds is 1. The number of hydrogen-bond acceptors (Lipinski definition) is 1. The van der Waals surface area contributed by atoms with E-state index in [1.54, 1.807) is 0 Å². The second kappa shape index (κ2) is 3.86. The van der Waals surface area contributed by atoms with Crippen LogP contribution in [-0.2, 0) is 0 Å². The summed E-state index contributed by atoms with van der Waals surface area (Å²) in [6, 6.07) is 10.7. The molecule has 1 heterocycles. The van der Waals surface area contributed by atoms with Crippen molar-refractivity contribution in [3.63, 3.8) is 0 Å². The minimum absolute atomic E-state index is 0.324. The van der Waals surface area contributed by atoms with Crippen LogP contribution in [0.15, 0.2) is 72.4 Å². The molecule has 0 saturated heterocycles. The Morgan fingerprint density at radius 3 is 2.69 bits per heavy atom. The maximum Gasteiger partial charge on any atom is 0.0701 e. The normalized spacial score (nSPS) is 21.9. The lowest BCUT2D eigenvalue weighted by Crippen LogP contribution is -2.30. The number of benzene rings is 1. The lowest BCUT2D eigenvalue weighted by molar-refractivity contribution is 0.813. The number of allylic oxidation sites excluding steroid dienone is 4. The van der Waals surface area contributed by atoms with E-state index in [9.17, 15) is 0 Å². The predicted octanol–water partition coefficient (Wildman–Crippen LogP) is 3.05. The molecule has 0 spiro atoms. The summed E-state index contributed by atoms with van der Waals surface area (Å²) in [6.07, 6.45) is 12.8. The van der Waals surface area contributed by atoms with E-state index in [4.69, 9.17) is 0 Å². The fourth-order valence-electron chi connectivity index (χ4n) is 2.04. The van der Waals surface area contributed by atoms with Crippen molar-refractivity contribution >= 4 is 5.70 Å². The van der Waals surface area contributed by atoms with E-state index in [-0.39, 0.29) is 0 Å². The Balaban J connectivity index is 1.95. The molecule has 1 atom stereocenters. The van der Waals surface area contributed by atoms with Crippen molar-refractivity contribution in [3.8, 4) is 0 Å². The first-order valence-corrected chi connectivity index (χ1v) is 5.52. The molecule has 0 bridgehead atoms. The molecule has 0 aromatic heterocycles. The van der Waals surface area contributed by atoms with E-state index in [0.29, 0.717) is 6.04 Å². The summed E-state index contributed by atoms with van der Waals surface area (Å²) < 4.78 is 0. The van der Waals surface area contributed by atoms with Crippen LogP contribution in [0.25, 0.3) is 5.70 Å². The summed E-state index contributed by atoms with van der Waals surface area (Å²) in [6.45, 7) is 0. The molecular formula is C15H13N. The van der Waals surface area contributed by atoms with Crippen LogP contribution in [0, 0.1) is 0 Å². The molecule has 3 rings (SSSR count). The van der Waals surface area contributed by atoms with Gasteiger partial charge >= 0.3 is 0 Å². The molecule has 1 heteroatoms. The molecule has 0 fully saturated rings. The summed E-state index contributed by atoms with van der Waals surface area (Å²) in [7, 11) is 0. The van der Waals surface area contributed by atoms with Gasteiger partial charge in [0.05, 0.1) is 6.04 Å². The van der Waals surface area contributed by atoms with Gasteiger partial charge in [0.15, 0.2) is 0 Å². The molecule has 1 unspecified atom stereocenters. The molecule has 1 aliphatic heterocycles. The first-order valence-electron chi connectivity index (χ1n) is 5.52. The lowest BCUT2D eigenvalue weighted by atomic mass is 9.96. The van der Waals surface area contributed by atoms with E-state index < -0.39 is 0 Å². The summed E-state index contributed by atoms with van der Waals surface area (Å²) in [5, 5.41) is 3.53. The fourth-order valence-corrected chi connectivity index (χ4v) is 2.04. The molecule has 1 aliphatic carbocycles. The molecule has 2 aliphatic rings. The van der Waals surface area contributed by atoms with Crippen molar-refractivity contribution in [2.24, 2.45) is 0 Å². The molecule has 1 N–H and O–H groups in total. The van der Waals surface area contributed by atoms with Crippen LogP contribution >= 0.6 is 0 Å². The van der Waals surface area contributed by atoms with Gasteiger partial charge in [-0.2, -0.15) is 0 Å². The topological polar surface area (TPSA) is 12.0 Å². The lowest BCUT2D eigenvalue weighted by Gasteiger charge is -2.25. The zero-order valence-corrected chi connectivity index (χ0v) is 8.93. The third-order valence-corrected chi connectivity index (χ3v) is 2.90. The van der Waals surface area contributed by atoms with Gasteiger partial charge in [-0.3, -0.25) is 0 Å². The summed E-state index contributed by atoms with van der Waals surface area (Å²) >= 11 is 0. The van der Waals surface area contributed by atoms with Crippen LogP contribution < -0.4 is 5.32 Å². The first kappa shape index (κ1) is 9.22. The Morgan fingerprint density at radius 2 is 1.81 bits per heavy atom. The second-order valence-corrected chi connectivity index (χ2v) is 3.98. The van der Waals surface area contributed by atoms with Gasteiger partial charge in [-0.15, -0.1) is 0 Å². The molecule has 78 valence electrons. The number of fused-ring (bicyclic) bond motifs is 1. The van der Waals surface area contributed by atoms with Gasteiger partial charge in [0.2, 0.25) is 0 Å². The van der Waals surface area contributed by atoms with E-state index in [1.807, 2.05) is 6.07 Å². The third-order valence-electron chi connectivity index (χ3n) is 2.90. The molecule has 0 amide bonds. The minimum Gasteiger partial charge on any atom is -0.374 e. The highest BCUT2D eigenvalue weighted by Crippen LogP contribution is 2.22. The standard InChI is InChI=1S/C15H13N/c1-2-6-12(7-3-1)15-11-10-13-8-4-5-9-14(13)16-15/h1-11,14,16H. The zero-order valence-electron chi connectivity index (χ0n) is 8.93. The Bertz CT molecular complexity index is 503. The Hall–Kier alpha value is -2.02. The smallest absolute Gasteiger partial charge is 0.0701 e. The van der Waals surface area contributed by atoms with Gasteiger partial charge in [-0.05, 0) is 17.2 Å². The van der Waals surface area contributed by atoms with Crippen LogP contribution in [0.5, 0.6) is 0 Å². The van der Waals surface area contributed by atoms with E-state index in [1.165, 1.54) is 16.8 Å². The van der Waals surface area contributed by atoms with Gasteiger partial charge < -0.3 is 5.32 Å². The first-order chi connectivity index (χ1) is 7.93. The average Bonchev–Trinajstić information content (AvgIpc) is 2.39. The van der Waals surface area contributed by atoms with Crippen molar-refractivity contribution in [1.29, 1.82) is 0 Å². The molecule has 1 nitrogen and oxygen atoms in total. The fraction of sp³-hybridized carbons (Fsp3) is 0.0667. The van der Waals surface area contributed by atoms with Crippen LogP contribution in [0.2, 0.25) is 0 Å². The highest BCUT2D eigenvalue weighted by molar-refractivity contribution is 5.69. The van der Waals surface area contributed by atoms with Gasteiger partial charge in [0.1, 0.15) is 0 Å². The molecule has 16 heavy (non-hydrogen) atoms. The van der Waals surface area contributed by atoms with Gasteiger partial charge in [0.25, 0.3) is 0 Å². The summed E-state index contributed by atoms with van der Waals surface area (Å²) in [4.78, 5) is 0. The maximum absolute atomic E-state index is 3.53. The molecule has 0 saturated carbocycles. The Morgan fingerprint density at radius 1 is 0.938 bits per heavy atom. The molecule has 1 aromatic rings. The van der Waals surface area contributed by atoms with E-state index in [0.717, 1.165) is 0 Å². The second-order valence-electron chi connectivity index (χ2n) is 3.98. The number of hydrogen-bond donors (Lipinski definition) is 1. The van der Waals surface area contributed by atoms with Crippen molar-refractivity contribution in [1.82, 2.24) is 5.32 Å². The predicted molar refractivity (Wildman–Crippen MR) is 67.7 cm³/mol. The van der Waals surface area contributed by atoms with Crippen LogP contribution in [0.3, 0.4) is 0 Å². The van der Waals surface area contributed by atoms with Crippen molar-refractivity contribution in [2.75, 3.05) is 0 Å². The molecule has 0 radical (unpaired) electrons. The average molecular weight is 207 g/mol. The van der Waals surface area contributed by atoms with Crippen molar-refractivity contribution in [3.05, 3.63) is 77.9 Å². The molecule has 1 aromatic carbocycles. The van der Waals surface area contributed by atoms with Gasteiger partial charge in [0, 0.05) is 5.70 Å². The number of nitrogens with one attached hydrogen (secondary N) is 1. The van der Waals surface area contributed by atoms with E-state index >= 15 is 0 Å². The van der Waals surface area contributed by atoms with Crippen molar-refractivity contribution in [2.45, 2.75) is 6.04 Å². The van der Waals surface area contributed by atoms with Crippen LogP contribution in [0.1, 0.15) is 5.56 Å². The monoisotopic (exact) mass is 207 g/mol. The largest absolute Gasteiger partial charge is 0.374 e. The quantitative estimate of drug-likeness (QED) is 0.746. The molecular weight excluding hydrogens is 194 g/mol. The Kier molecular flexibility index (Phi) is 2.22. The number of dihydropyridines is 1. The highest BCUT2D eigenvalue weighted by Gasteiger charge is 2.15. The summed E-state index contributed by atoms with van der Waals surface area (Å²) in [5.74, 6) is 0. The third kappa shape index (κ3) is 1.61. The highest BCUT2D eigenvalue weighted by atomic mass is 14.9. The maximum atomic E-state index is 3.53. The SMILES string of the molecule is C1=CC2=CC=C(c3ccccc3)NC2C=C1. The van der Waals surface area contributed by atoms with Gasteiger partial charge in [-0.1, -0.05) is 60.7 Å². The van der Waals surface area contributed by atoms with Gasteiger partial charge in [-0.25, -0.2) is 0 Å². The van der Waals surface area contributed by atoms with Crippen molar-refractivity contribution < 1.29 is 0 Å². The van der Waals surface area contributed by atoms with Crippen LogP contribution in [-0.4, -0.2) is 6.04 Å². The van der Waals surface area contributed by atoms with E-state index in [2.05, 4.69) is 66.0 Å². The Labute approximate surface area is 95.5 Å². The summed E-state index contributed by atoms with van der Waals surface area (Å²) in [5.41, 5.74) is 3.75. The van der Waals surface area contributed by atoms with Crippen LogP contribution in [0.4, 0.5) is 0 Å².